The summed E-state index contributed by atoms with van der Waals surface area (Å²) in [7, 11) is 0. The molecule has 0 amide bonds. The van der Waals surface area contributed by atoms with Gasteiger partial charge in [0, 0.05) is 6.07 Å². The Morgan fingerprint density at radius 2 is 2.17 bits per heavy atom. The summed E-state index contributed by atoms with van der Waals surface area (Å²) in [4.78, 5) is 4.12. The van der Waals surface area contributed by atoms with Gasteiger partial charge in [-0.05, 0) is 22.6 Å². The summed E-state index contributed by atoms with van der Waals surface area (Å²) in [5.41, 5.74) is 0. The minimum atomic E-state index is 0.537. The molecule has 0 saturated carbocycles. The van der Waals surface area contributed by atoms with Crippen molar-refractivity contribution in [2.45, 2.75) is 0 Å². The number of hydrogen-bond acceptors (Lipinski definition) is 3. The van der Waals surface area contributed by atoms with Crippen LogP contribution in [0.25, 0.3) is 0 Å². The van der Waals surface area contributed by atoms with Crippen LogP contribution in [0, 0.1) is 3.70 Å². The van der Waals surface area contributed by atoms with E-state index in [1.807, 2.05) is 0 Å². The number of halogens is 2. The van der Waals surface area contributed by atoms with Gasteiger partial charge in [-0.15, -0.1) is 0 Å². The van der Waals surface area contributed by atoms with Crippen molar-refractivity contribution < 1.29 is 9.47 Å². The molecule has 64 valence electrons. The monoisotopic (exact) mass is 297 g/mol. The summed E-state index contributed by atoms with van der Waals surface area (Å²) in [6, 6.07) is 1.73. The minimum Gasteiger partial charge on any atom is -0.484 e. The third kappa shape index (κ3) is 1.45. The fourth-order valence-electron chi connectivity index (χ4n) is 0.931. The van der Waals surface area contributed by atoms with Gasteiger partial charge in [-0.1, -0.05) is 11.6 Å². The highest BCUT2D eigenvalue weighted by atomic mass is 127. The molecule has 0 spiro atoms. The van der Waals surface area contributed by atoms with E-state index in [2.05, 4.69) is 27.6 Å². The van der Waals surface area contributed by atoms with Crippen LogP contribution in [0.4, 0.5) is 0 Å². The lowest BCUT2D eigenvalue weighted by atomic mass is 10.4. The summed E-state index contributed by atoms with van der Waals surface area (Å²) >= 11 is 7.89. The van der Waals surface area contributed by atoms with Crippen molar-refractivity contribution in [2.75, 3.05) is 13.2 Å². The van der Waals surface area contributed by atoms with Crippen molar-refractivity contribution in [3.63, 3.8) is 0 Å². The first-order valence-electron chi connectivity index (χ1n) is 3.39. The molecule has 0 N–H and O–H groups in total. The lowest BCUT2D eigenvalue weighted by molar-refractivity contribution is 0.164. The van der Waals surface area contributed by atoms with Gasteiger partial charge in [-0.3, -0.25) is 0 Å². The normalized spacial score (nSPS) is 14.5. The second-order valence-corrected chi connectivity index (χ2v) is 3.69. The van der Waals surface area contributed by atoms with Gasteiger partial charge < -0.3 is 9.47 Å². The molecule has 0 bridgehead atoms. The first-order chi connectivity index (χ1) is 5.77. The molecule has 1 aromatic heterocycles. The molecule has 0 atom stereocenters. The molecule has 1 aliphatic heterocycles. The van der Waals surface area contributed by atoms with E-state index in [-0.39, 0.29) is 0 Å². The van der Waals surface area contributed by atoms with Crippen molar-refractivity contribution in [3.05, 3.63) is 14.8 Å². The summed E-state index contributed by atoms with van der Waals surface area (Å²) in [6.45, 7) is 1.11. The van der Waals surface area contributed by atoms with Crippen LogP contribution in [0.2, 0.25) is 5.02 Å². The van der Waals surface area contributed by atoms with E-state index in [9.17, 15) is 0 Å². The van der Waals surface area contributed by atoms with E-state index >= 15 is 0 Å². The molecule has 0 aliphatic carbocycles. The van der Waals surface area contributed by atoms with Crippen LogP contribution in [0.5, 0.6) is 11.6 Å². The second kappa shape index (κ2) is 3.26. The highest BCUT2D eigenvalue weighted by Gasteiger charge is 2.15. The van der Waals surface area contributed by atoms with Crippen molar-refractivity contribution >= 4 is 34.2 Å². The molecular formula is C7H5ClINO2. The second-order valence-electron chi connectivity index (χ2n) is 2.26. The Labute approximate surface area is 88.2 Å². The molecule has 1 aliphatic rings. The fraction of sp³-hybridized carbons (Fsp3) is 0.286. The molecule has 12 heavy (non-hydrogen) atoms. The number of nitrogens with zero attached hydrogens (tertiary/aromatic N) is 1. The highest BCUT2D eigenvalue weighted by molar-refractivity contribution is 14.1. The topological polar surface area (TPSA) is 31.4 Å². The zero-order valence-electron chi connectivity index (χ0n) is 6.01. The maximum Gasteiger partial charge on any atom is 0.258 e. The maximum absolute atomic E-state index is 5.84. The first-order valence-corrected chi connectivity index (χ1v) is 4.84. The SMILES string of the molecule is Clc1cc2c(nc1I)OCCO2. The lowest BCUT2D eigenvalue weighted by Gasteiger charge is -2.17. The zero-order valence-corrected chi connectivity index (χ0v) is 8.92. The van der Waals surface area contributed by atoms with E-state index in [4.69, 9.17) is 21.1 Å². The quantitative estimate of drug-likeness (QED) is 0.543. The summed E-state index contributed by atoms with van der Waals surface area (Å²) < 4.78 is 11.3. The Morgan fingerprint density at radius 3 is 3.00 bits per heavy atom. The zero-order chi connectivity index (χ0) is 8.55. The first kappa shape index (κ1) is 8.37. The number of hydrogen-bond donors (Lipinski definition) is 0. The van der Waals surface area contributed by atoms with Crippen molar-refractivity contribution in [1.82, 2.24) is 4.98 Å². The molecular weight excluding hydrogens is 292 g/mol. The average Bonchev–Trinajstić information content (AvgIpc) is 2.07. The van der Waals surface area contributed by atoms with Gasteiger partial charge in [0.15, 0.2) is 5.75 Å². The van der Waals surface area contributed by atoms with E-state index in [1.165, 1.54) is 0 Å². The van der Waals surface area contributed by atoms with Gasteiger partial charge in [0.1, 0.15) is 16.9 Å². The predicted molar refractivity (Wildman–Crippen MR) is 53.0 cm³/mol. The van der Waals surface area contributed by atoms with Gasteiger partial charge in [0.05, 0.1) is 5.02 Å². The summed E-state index contributed by atoms with van der Waals surface area (Å²) in [5, 5.41) is 0.597. The van der Waals surface area contributed by atoms with Gasteiger partial charge in [-0.2, -0.15) is 0 Å². The van der Waals surface area contributed by atoms with Crippen molar-refractivity contribution in [2.24, 2.45) is 0 Å². The molecule has 0 radical (unpaired) electrons. The number of ether oxygens (including phenoxy) is 2. The Kier molecular flexibility index (Phi) is 2.27. The predicted octanol–water partition coefficient (Wildman–Crippen LogP) is 2.11. The van der Waals surface area contributed by atoms with Crippen LogP contribution in [-0.4, -0.2) is 18.2 Å². The Bertz CT molecular complexity index is 288. The number of fused-ring (bicyclic) bond motifs is 1. The Hall–Kier alpha value is -0.230. The van der Waals surface area contributed by atoms with Gasteiger partial charge in [0.25, 0.3) is 5.88 Å². The Morgan fingerprint density at radius 1 is 1.42 bits per heavy atom. The molecule has 1 aromatic rings. The number of pyridine rings is 1. The summed E-state index contributed by atoms with van der Waals surface area (Å²) in [6.07, 6.45) is 0. The molecule has 5 heteroatoms. The maximum atomic E-state index is 5.84. The molecule has 3 nitrogen and oxygen atoms in total. The van der Waals surface area contributed by atoms with Crippen LogP contribution in [0.15, 0.2) is 6.07 Å². The van der Waals surface area contributed by atoms with E-state index in [0.717, 1.165) is 3.70 Å². The number of rotatable bonds is 0. The highest BCUT2D eigenvalue weighted by Crippen LogP contribution is 2.32. The van der Waals surface area contributed by atoms with Crippen LogP contribution >= 0.6 is 34.2 Å². The third-order valence-corrected chi connectivity index (χ3v) is 2.87. The molecule has 2 rings (SSSR count). The van der Waals surface area contributed by atoms with E-state index < -0.39 is 0 Å². The molecule has 2 heterocycles. The van der Waals surface area contributed by atoms with Crippen LogP contribution in [-0.2, 0) is 0 Å². The lowest BCUT2D eigenvalue weighted by Crippen LogP contribution is -2.16. The smallest absolute Gasteiger partial charge is 0.258 e. The molecule has 0 aromatic carbocycles. The Balaban J connectivity index is 2.49. The number of aromatic nitrogens is 1. The third-order valence-electron chi connectivity index (χ3n) is 1.45. The largest absolute Gasteiger partial charge is 0.484 e. The molecule has 0 unspecified atom stereocenters. The van der Waals surface area contributed by atoms with Crippen LogP contribution in [0.3, 0.4) is 0 Å². The van der Waals surface area contributed by atoms with Gasteiger partial charge in [-0.25, -0.2) is 4.98 Å². The van der Waals surface area contributed by atoms with E-state index in [1.54, 1.807) is 6.07 Å². The standard InChI is InChI=1S/C7H5ClINO2/c8-4-3-5-7(10-6(4)9)12-2-1-11-5/h3H,1-2H2. The van der Waals surface area contributed by atoms with Crippen LogP contribution < -0.4 is 9.47 Å². The van der Waals surface area contributed by atoms with Gasteiger partial charge >= 0.3 is 0 Å². The van der Waals surface area contributed by atoms with Crippen LogP contribution in [0.1, 0.15) is 0 Å². The fourth-order valence-corrected chi connectivity index (χ4v) is 1.45. The van der Waals surface area contributed by atoms with Gasteiger partial charge in [0.2, 0.25) is 0 Å². The molecule has 0 fully saturated rings. The van der Waals surface area contributed by atoms with Crippen molar-refractivity contribution in [1.29, 1.82) is 0 Å². The van der Waals surface area contributed by atoms with Crippen molar-refractivity contribution in [3.8, 4) is 11.6 Å². The minimum absolute atomic E-state index is 0.537. The molecule has 0 saturated heterocycles. The summed E-state index contributed by atoms with van der Waals surface area (Å²) in [5.74, 6) is 1.17. The average molecular weight is 297 g/mol. The van der Waals surface area contributed by atoms with E-state index in [0.29, 0.717) is 29.9 Å².